The van der Waals surface area contributed by atoms with Crippen LogP contribution in [0.3, 0.4) is 0 Å². The van der Waals surface area contributed by atoms with Crippen molar-refractivity contribution < 1.29 is 9.39 Å². The molecule has 8 aromatic carbocycles. The van der Waals surface area contributed by atoms with Gasteiger partial charge in [0.1, 0.15) is 17.2 Å². The third kappa shape index (κ3) is 3.56. The Morgan fingerprint density at radius 2 is 1.08 bits per heavy atom. The number of fused-ring (bicyclic) bond motifs is 13. The summed E-state index contributed by atoms with van der Waals surface area (Å²) in [5.41, 5.74) is 13.8. The molecule has 0 saturated carbocycles. The number of para-hydroxylation sites is 5. The summed E-state index contributed by atoms with van der Waals surface area (Å²) in [6, 6.07) is 59.1. The minimum atomic E-state index is -0.308. The normalized spacial score (nSPS) is 13.2. The van der Waals surface area contributed by atoms with E-state index in [1.165, 1.54) is 59.9 Å². The van der Waals surface area contributed by atoms with E-state index in [0.717, 1.165) is 56.1 Å². The van der Waals surface area contributed by atoms with E-state index < -0.39 is 0 Å². The molecule has 13 rings (SSSR count). The van der Waals surface area contributed by atoms with Gasteiger partial charge in [-0.3, -0.25) is 0 Å². The number of rotatable bonds is 2. The molecule has 0 N–H and O–H groups in total. The van der Waals surface area contributed by atoms with Crippen LogP contribution in [0.15, 0.2) is 164 Å². The smallest absolute Gasteiger partial charge is 0.434 e. The SMILES string of the molecule is c1ccc2c(c1)OB1c3cc(-n4c5ccccc5c5ccccc54)ccc3Oc3cc(-c4ccc5c(c4)c4cccc6c7ccccc7n5c64)cc-2c31. The summed E-state index contributed by atoms with van der Waals surface area (Å²) < 4.78 is 18.6. The van der Waals surface area contributed by atoms with Crippen LogP contribution in [0, 0.1) is 0 Å². The Balaban J connectivity index is 1.01. The van der Waals surface area contributed by atoms with Gasteiger partial charge in [0.2, 0.25) is 0 Å². The first-order valence-electron chi connectivity index (χ1n) is 18.2. The average molecular weight is 675 g/mol. The van der Waals surface area contributed by atoms with Crippen molar-refractivity contribution in [3.8, 4) is 45.2 Å². The molecular weight excluding hydrogens is 647 g/mol. The number of nitrogens with zero attached hydrogens (tertiary/aromatic N) is 2. The van der Waals surface area contributed by atoms with Crippen molar-refractivity contribution in [1.29, 1.82) is 0 Å². The zero-order valence-corrected chi connectivity index (χ0v) is 28.4. The van der Waals surface area contributed by atoms with Crippen molar-refractivity contribution in [2.75, 3.05) is 0 Å². The summed E-state index contributed by atoms with van der Waals surface area (Å²) in [4.78, 5) is 0. The molecule has 0 saturated heterocycles. The molecule has 5 heterocycles. The Kier molecular flexibility index (Phi) is 5.16. The van der Waals surface area contributed by atoms with Gasteiger partial charge in [-0.05, 0) is 83.4 Å². The van der Waals surface area contributed by atoms with Gasteiger partial charge in [0.05, 0.1) is 27.6 Å². The van der Waals surface area contributed by atoms with E-state index in [1.54, 1.807) is 0 Å². The fraction of sp³-hybridized carbons (Fsp3) is 0. The number of hydrogen-bond donors (Lipinski definition) is 0. The Bertz CT molecular complexity index is 3320. The number of aromatic nitrogens is 2. The van der Waals surface area contributed by atoms with Gasteiger partial charge in [0, 0.05) is 54.5 Å². The predicted molar refractivity (Wildman–Crippen MR) is 218 cm³/mol. The van der Waals surface area contributed by atoms with E-state index in [-0.39, 0.29) is 6.92 Å². The lowest BCUT2D eigenvalue weighted by atomic mass is 9.50. The third-order valence-electron chi connectivity index (χ3n) is 11.7. The quantitative estimate of drug-likeness (QED) is 0.171. The van der Waals surface area contributed by atoms with Crippen LogP contribution in [0.1, 0.15) is 0 Å². The van der Waals surface area contributed by atoms with Crippen molar-refractivity contribution in [2.24, 2.45) is 0 Å². The number of benzene rings is 8. The van der Waals surface area contributed by atoms with Gasteiger partial charge in [0.15, 0.2) is 0 Å². The standard InChI is InChI=1S/C48H27BN2O2/c1-5-16-40-31(10-1)32-11-2-6-17-41(32)50(40)30-21-23-45-39(27-30)49-47-38(34-13-4-8-19-44(34)53-49)25-29(26-46(47)52-45)28-20-22-43-37(24-28)36-15-9-14-35-33-12-3-7-18-42(33)51(43)48(35)36/h1-27H. The zero-order valence-electron chi connectivity index (χ0n) is 28.4. The van der Waals surface area contributed by atoms with Gasteiger partial charge < -0.3 is 18.4 Å². The molecule has 53 heavy (non-hydrogen) atoms. The second-order valence-corrected chi connectivity index (χ2v) is 14.4. The van der Waals surface area contributed by atoms with E-state index in [0.29, 0.717) is 0 Å². The second-order valence-electron chi connectivity index (χ2n) is 14.4. The molecule has 2 aliphatic heterocycles. The van der Waals surface area contributed by atoms with Crippen LogP contribution in [-0.4, -0.2) is 15.9 Å². The van der Waals surface area contributed by atoms with E-state index in [1.807, 2.05) is 0 Å². The van der Waals surface area contributed by atoms with Gasteiger partial charge in [-0.2, -0.15) is 0 Å². The summed E-state index contributed by atoms with van der Waals surface area (Å²) >= 11 is 0. The predicted octanol–water partition coefficient (Wildman–Crippen LogP) is 10.9. The Labute approximate surface area is 304 Å². The topological polar surface area (TPSA) is 27.8 Å². The van der Waals surface area contributed by atoms with Crippen molar-refractivity contribution in [3.63, 3.8) is 0 Å². The second kappa shape index (κ2) is 9.87. The largest absolute Gasteiger partial charge is 0.551 e. The molecule has 244 valence electrons. The van der Waals surface area contributed by atoms with Crippen LogP contribution in [-0.2, 0) is 0 Å². The van der Waals surface area contributed by atoms with Crippen LogP contribution in [0.5, 0.6) is 17.2 Å². The summed E-state index contributed by atoms with van der Waals surface area (Å²) in [5, 5.41) is 7.60. The fourth-order valence-corrected chi connectivity index (χ4v) is 9.47. The first kappa shape index (κ1) is 27.7. The van der Waals surface area contributed by atoms with E-state index in [9.17, 15) is 0 Å². The fourth-order valence-electron chi connectivity index (χ4n) is 9.47. The zero-order chi connectivity index (χ0) is 34.4. The minimum Gasteiger partial charge on any atom is -0.551 e. The minimum absolute atomic E-state index is 0.308. The summed E-state index contributed by atoms with van der Waals surface area (Å²) in [6.45, 7) is -0.308. The van der Waals surface area contributed by atoms with E-state index >= 15 is 0 Å². The number of hydrogen-bond acceptors (Lipinski definition) is 2. The molecule has 2 aliphatic rings. The van der Waals surface area contributed by atoms with Gasteiger partial charge in [-0.25, -0.2) is 0 Å². The van der Waals surface area contributed by atoms with Crippen LogP contribution in [0.25, 0.3) is 87.8 Å². The van der Waals surface area contributed by atoms with Gasteiger partial charge in [-0.15, -0.1) is 0 Å². The molecule has 0 atom stereocenters. The number of ether oxygens (including phenoxy) is 1. The molecule has 3 aromatic heterocycles. The van der Waals surface area contributed by atoms with Crippen molar-refractivity contribution in [1.82, 2.24) is 8.97 Å². The Morgan fingerprint density at radius 1 is 0.415 bits per heavy atom. The highest BCUT2D eigenvalue weighted by Crippen LogP contribution is 2.44. The summed E-state index contributed by atoms with van der Waals surface area (Å²) in [5.74, 6) is 2.55. The van der Waals surface area contributed by atoms with Gasteiger partial charge in [0.25, 0.3) is 0 Å². The lowest BCUT2D eigenvalue weighted by Crippen LogP contribution is -2.53. The first-order chi connectivity index (χ1) is 26.3. The van der Waals surface area contributed by atoms with Gasteiger partial charge >= 0.3 is 6.92 Å². The molecule has 0 unspecified atom stereocenters. The first-order valence-corrected chi connectivity index (χ1v) is 18.2. The molecule has 0 aliphatic carbocycles. The van der Waals surface area contributed by atoms with Crippen LogP contribution < -0.4 is 20.3 Å². The Morgan fingerprint density at radius 3 is 1.89 bits per heavy atom. The summed E-state index contributed by atoms with van der Waals surface area (Å²) in [6.07, 6.45) is 0. The van der Waals surface area contributed by atoms with E-state index in [2.05, 4.69) is 173 Å². The molecule has 0 bridgehead atoms. The Hall–Kier alpha value is -6.98. The molecule has 11 aromatic rings. The molecule has 0 radical (unpaired) electrons. The maximum Gasteiger partial charge on any atom is 0.434 e. The molecule has 0 amide bonds. The molecule has 4 nitrogen and oxygen atoms in total. The van der Waals surface area contributed by atoms with Crippen LogP contribution in [0.4, 0.5) is 0 Å². The highest BCUT2D eigenvalue weighted by molar-refractivity contribution is 6.84. The molecule has 0 fully saturated rings. The maximum atomic E-state index is 6.92. The average Bonchev–Trinajstić information content (AvgIpc) is 3.86. The van der Waals surface area contributed by atoms with Crippen molar-refractivity contribution >= 4 is 77.7 Å². The summed E-state index contributed by atoms with van der Waals surface area (Å²) in [7, 11) is 0. The maximum absolute atomic E-state index is 6.92. The van der Waals surface area contributed by atoms with E-state index in [4.69, 9.17) is 9.39 Å². The third-order valence-corrected chi connectivity index (χ3v) is 11.7. The van der Waals surface area contributed by atoms with Crippen LogP contribution in [0.2, 0.25) is 0 Å². The molecule has 5 heteroatoms. The van der Waals surface area contributed by atoms with Crippen molar-refractivity contribution in [3.05, 3.63) is 164 Å². The van der Waals surface area contributed by atoms with Crippen LogP contribution >= 0.6 is 0 Å². The molecule has 0 spiro atoms. The lowest BCUT2D eigenvalue weighted by molar-refractivity contribution is 0.479. The monoisotopic (exact) mass is 674 g/mol. The van der Waals surface area contributed by atoms with Crippen molar-refractivity contribution in [2.45, 2.75) is 0 Å². The highest BCUT2D eigenvalue weighted by atomic mass is 16.5. The highest BCUT2D eigenvalue weighted by Gasteiger charge is 2.41. The lowest BCUT2D eigenvalue weighted by Gasteiger charge is -2.33. The molecular formula is C48H27BN2O2. The van der Waals surface area contributed by atoms with Gasteiger partial charge in [-0.1, -0.05) is 97.1 Å².